The summed E-state index contributed by atoms with van der Waals surface area (Å²) < 4.78 is 6.93. The van der Waals surface area contributed by atoms with E-state index in [0.29, 0.717) is 5.88 Å². The number of nitrogens with one attached hydrogen (secondary N) is 1. The van der Waals surface area contributed by atoms with Crippen LogP contribution < -0.4 is 10.1 Å². The third kappa shape index (κ3) is 4.45. The topological polar surface area (TPSA) is 34.1 Å². The predicted octanol–water partition coefficient (Wildman–Crippen LogP) is 4.29. The van der Waals surface area contributed by atoms with Crippen molar-refractivity contribution in [3.63, 3.8) is 0 Å². The predicted molar refractivity (Wildman–Crippen MR) is 90.2 cm³/mol. The fourth-order valence-corrected chi connectivity index (χ4v) is 2.38. The first-order valence-electron chi connectivity index (χ1n) is 6.79. The van der Waals surface area contributed by atoms with Crippen molar-refractivity contribution < 1.29 is 4.74 Å². The molecular weight excluding hydrogens is 363 g/mol. The van der Waals surface area contributed by atoms with Crippen LogP contribution in [0.3, 0.4) is 0 Å². The van der Waals surface area contributed by atoms with E-state index in [1.54, 1.807) is 0 Å². The molecule has 0 fully saturated rings. The van der Waals surface area contributed by atoms with Crippen molar-refractivity contribution >= 4 is 22.6 Å². The van der Waals surface area contributed by atoms with E-state index in [1.165, 1.54) is 5.56 Å². The zero-order valence-electron chi connectivity index (χ0n) is 11.8. The van der Waals surface area contributed by atoms with Crippen molar-refractivity contribution in [3.05, 3.63) is 51.2 Å². The average molecular weight is 382 g/mol. The van der Waals surface area contributed by atoms with Gasteiger partial charge in [0.05, 0.1) is 0 Å². The van der Waals surface area contributed by atoms with Crippen molar-refractivity contribution in [1.82, 2.24) is 10.3 Å². The van der Waals surface area contributed by atoms with Gasteiger partial charge in [0, 0.05) is 21.9 Å². The number of ether oxygens (including phenoxy) is 1. The van der Waals surface area contributed by atoms with Crippen LogP contribution in [0.4, 0.5) is 0 Å². The first-order valence-corrected chi connectivity index (χ1v) is 7.87. The number of hydrogen-bond acceptors (Lipinski definition) is 3. The Hall–Kier alpha value is -1.14. The maximum Gasteiger partial charge on any atom is 0.219 e. The van der Waals surface area contributed by atoms with E-state index in [4.69, 9.17) is 4.74 Å². The number of hydrogen-bond donors (Lipinski definition) is 1. The van der Waals surface area contributed by atoms with E-state index in [0.717, 1.165) is 34.5 Å². The first kappa shape index (κ1) is 15.3. The molecule has 0 atom stereocenters. The Morgan fingerprint density at radius 3 is 2.80 bits per heavy atom. The second kappa shape index (κ2) is 7.59. The van der Waals surface area contributed by atoms with E-state index in [1.807, 2.05) is 37.3 Å². The van der Waals surface area contributed by atoms with Gasteiger partial charge in [-0.05, 0) is 66.2 Å². The highest BCUT2D eigenvalue weighted by atomic mass is 127. The summed E-state index contributed by atoms with van der Waals surface area (Å²) in [6, 6.07) is 12.0. The minimum Gasteiger partial charge on any atom is -0.439 e. The highest BCUT2D eigenvalue weighted by Gasteiger charge is 2.04. The maximum atomic E-state index is 5.78. The molecule has 0 spiro atoms. The Kier molecular flexibility index (Phi) is 5.79. The lowest BCUT2D eigenvalue weighted by atomic mass is 10.2. The Bertz CT molecular complexity index is 572. The summed E-state index contributed by atoms with van der Waals surface area (Å²) >= 11 is 2.27. The molecule has 0 amide bonds. The minimum absolute atomic E-state index is 0.642. The highest BCUT2D eigenvalue weighted by Crippen LogP contribution is 2.22. The van der Waals surface area contributed by atoms with Gasteiger partial charge in [0.1, 0.15) is 5.75 Å². The van der Waals surface area contributed by atoms with E-state index in [9.17, 15) is 0 Å². The molecule has 0 saturated carbocycles. The lowest BCUT2D eigenvalue weighted by Gasteiger charge is -2.09. The van der Waals surface area contributed by atoms with Gasteiger partial charge in [0.2, 0.25) is 5.88 Å². The van der Waals surface area contributed by atoms with Crippen LogP contribution in [0.1, 0.15) is 24.6 Å². The van der Waals surface area contributed by atoms with E-state index >= 15 is 0 Å². The van der Waals surface area contributed by atoms with Gasteiger partial charge >= 0.3 is 0 Å². The summed E-state index contributed by atoms with van der Waals surface area (Å²) in [6.45, 7) is 6.07. The molecule has 1 aromatic heterocycles. The summed E-state index contributed by atoms with van der Waals surface area (Å²) in [5, 5.41) is 3.39. The molecule has 0 unspecified atom stereocenters. The van der Waals surface area contributed by atoms with Crippen molar-refractivity contribution in [2.24, 2.45) is 0 Å². The van der Waals surface area contributed by atoms with E-state index in [2.05, 4.69) is 45.9 Å². The van der Waals surface area contributed by atoms with E-state index < -0.39 is 0 Å². The molecule has 106 valence electrons. The molecule has 20 heavy (non-hydrogen) atoms. The zero-order valence-corrected chi connectivity index (χ0v) is 14.0. The summed E-state index contributed by atoms with van der Waals surface area (Å²) in [7, 11) is 0. The van der Waals surface area contributed by atoms with Crippen LogP contribution in [0.2, 0.25) is 0 Å². The monoisotopic (exact) mass is 382 g/mol. The second-order valence-electron chi connectivity index (χ2n) is 4.63. The number of halogens is 1. The summed E-state index contributed by atoms with van der Waals surface area (Å²) in [5.41, 5.74) is 2.23. The lowest BCUT2D eigenvalue weighted by molar-refractivity contribution is 0.460. The number of aromatic nitrogens is 1. The molecule has 3 nitrogen and oxygen atoms in total. The van der Waals surface area contributed by atoms with Gasteiger partial charge in [-0.2, -0.15) is 0 Å². The summed E-state index contributed by atoms with van der Waals surface area (Å²) in [4.78, 5) is 4.51. The molecule has 2 rings (SSSR count). The van der Waals surface area contributed by atoms with Crippen molar-refractivity contribution in [3.8, 4) is 11.6 Å². The highest BCUT2D eigenvalue weighted by molar-refractivity contribution is 14.1. The fraction of sp³-hybridized carbons (Fsp3) is 0.312. The Morgan fingerprint density at radius 2 is 2.10 bits per heavy atom. The average Bonchev–Trinajstić information content (AvgIpc) is 2.41. The third-order valence-corrected chi connectivity index (χ3v) is 3.60. The molecule has 1 aromatic carbocycles. The molecule has 0 radical (unpaired) electrons. The SMILES string of the molecule is CCCNCc1ccc(Oc2cccc(I)c2)nc1C. The number of pyridine rings is 1. The summed E-state index contributed by atoms with van der Waals surface area (Å²) in [5.74, 6) is 1.46. The number of rotatable bonds is 6. The molecular formula is C16H19IN2O. The number of benzene rings is 1. The zero-order chi connectivity index (χ0) is 14.4. The van der Waals surface area contributed by atoms with Crippen LogP contribution in [0.25, 0.3) is 0 Å². The van der Waals surface area contributed by atoms with Crippen LogP contribution in [0.15, 0.2) is 36.4 Å². The van der Waals surface area contributed by atoms with Gasteiger partial charge in [-0.15, -0.1) is 0 Å². The van der Waals surface area contributed by atoms with Crippen LogP contribution >= 0.6 is 22.6 Å². The normalized spacial score (nSPS) is 10.6. The van der Waals surface area contributed by atoms with Gasteiger partial charge in [-0.25, -0.2) is 4.98 Å². The molecule has 0 aliphatic rings. The molecule has 1 N–H and O–H groups in total. The largest absolute Gasteiger partial charge is 0.439 e. The maximum absolute atomic E-state index is 5.78. The van der Waals surface area contributed by atoms with Gasteiger partial charge in [-0.3, -0.25) is 0 Å². The lowest BCUT2D eigenvalue weighted by Crippen LogP contribution is -2.15. The molecule has 0 aliphatic heterocycles. The molecule has 4 heteroatoms. The molecule has 0 bridgehead atoms. The van der Waals surface area contributed by atoms with Crippen molar-refractivity contribution in [2.45, 2.75) is 26.8 Å². The molecule has 2 aromatic rings. The van der Waals surface area contributed by atoms with Crippen molar-refractivity contribution in [1.29, 1.82) is 0 Å². The minimum atomic E-state index is 0.642. The fourth-order valence-electron chi connectivity index (χ4n) is 1.86. The smallest absolute Gasteiger partial charge is 0.219 e. The van der Waals surface area contributed by atoms with Crippen LogP contribution in [-0.2, 0) is 6.54 Å². The second-order valence-corrected chi connectivity index (χ2v) is 5.88. The van der Waals surface area contributed by atoms with Gasteiger partial charge < -0.3 is 10.1 Å². The van der Waals surface area contributed by atoms with Crippen molar-refractivity contribution in [2.75, 3.05) is 6.54 Å². The van der Waals surface area contributed by atoms with Gasteiger partial charge in [0.15, 0.2) is 0 Å². The number of aryl methyl sites for hydroxylation is 1. The quantitative estimate of drug-likeness (QED) is 0.598. The van der Waals surface area contributed by atoms with Crippen LogP contribution in [0, 0.1) is 10.5 Å². The first-order chi connectivity index (χ1) is 9.69. The van der Waals surface area contributed by atoms with Gasteiger partial charge in [-0.1, -0.05) is 19.1 Å². The molecule has 0 aliphatic carbocycles. The Morgan fingerprint density at radius 1 is 1.25 bits per heavy atom. The van der Waals surface area contributed by atoms with Crippen LogP contribution in [0.5, 0.6) is 11.6 Å². The number of nitrogens with zero attached hydrogens (tertiary/aromatic N) is 1. The van der Waals surface area contributed by atoms with Gasteiger partial charge in [0.25, 0.3) is 0 Å². The Balaban J connectivity index is 2.05. The molecule has 0 saturated heterocycles. The Labute approximate surface area is 133 Å². The summed E-state index contributed by atoms with van der Waals surface area (Å²) in [6.07, 6.45) is 1.14. The third-order valence-electron chi connectivity index (χ3n) is 2.93. The van der Waals surface area contributed by atoms with E-state index in [-0.39, 0.29) is 0 Å². The standard InChI is InChI=1S/C16H19IN2O/c1-3-9-18-11-13-7-8-16(19-12(13)2)20-15-6-4-5-14(17)10-15/h4-8,10,18H,3,9,11H2,1-2H3. The van der Waals surface area contributed by atoms with Crippen LogP contribution in [-0.4, -0.2) is 11.5 Å². The molecule has 1 heterocycles.